The van der Waals surface area contributed by atoms with Crippen LogP contribution in [-0.4, -0.2) is 31.3 Å². The minimum atomic E-state index is -0.0427. The zero-order chi connectivity index (χ0) is 10.7. The van der Waals surface area contributed by atoms with Gasteiger partial charge in [-0.15, -0.1) is 9.89 Å². The Labute approximate surface area is 85.1 Å². The van der Waals surface area contributed by atoms with Crippen LogP contribution in [0, 0.1) is 0 Å². The van der Waals surface area contributed by atoms with Gasteiger partial charge in [-0.2, -0.15) is 5.10 Å². The van der Waals surface area contributed by atoms with Crippen LogP contribution in [0.25, 0.3) is 0 Å². The smallest absolute Gasteiger partial charge is 0.139 e. The van der Waals surface area contributed by atoms with E-state index in [1.165, 1.54) is 35.8 Å². The van der Waals surface area contributed by atoms with E-state index >= 15 is 0 Å². The summed E-state index contributed by atoms with van der Waals surface area (Å²) in [6.45, 7) is 0. The molecule has 0 amide bonds. The van der Waals surface area contributed by atoms with Gasteiger partial charge >= 0.3 is 0 Å². The number of aromatic hydroxyl groups is 2. The number of nitrogens with zero attached hydrogens (tertiary/aromatic N) is 4. The van der Waals surface area contributed by atoms with Gasteiger partial charge < -0.3 is 10.2 Å². The lowest BCUT2D eigenvalue weighted by Crippen LogP contribution is -1.90. The Morgan fingerprint density at radius 3 is 2.87 bits per heavy atom. The average Bonchev–Trinajstić information content (AvgIpc) is 2.69. The van der Waals surface area contributed by atoms with Crippen LogP contribution in [0.1, 0.15) is 5.56 Å². The van der Waals surface area contributed by atoms with Gasteiger partial charge in [0.15, 0.2) is 0 Å². The Kier molecular flexibility index (Phi) is 2.32. The third kappa shape index (κ3) is 2.11. The van der Waals surface area contributed by atoms with Gasteiger partial charge in [0.2, 0.25) is 0 Å². The van der Waals surface area contributed by atoms with E-state index in [-0.39, 0.29) is 11.5 Å². The quantitative estimate of drug-likeness (QED) is 0.700. The predicted octanol–water partition coefficient (Wildman–Crippen LogP) is 0.571. The predicted molar refractivity (Wildman–Crippen MR) is 52.8 cm³/mol. The summed E-state index contributed by atoms with van der Waals surface area (Å²) in [6.07, 6.45) is 4.20. The maximum absolute atomic E-state index is 9.42. The van der Waals surface area contributed by atoms with Gasteiger partial charge in [-0.25, -0.2) is 4.98 Å². The fraction of sp³-hybridized carbons (Fsp3) is 0. The highest BCUT2D eigenvalue weighted by molar-refractivity contribution is 5.83. The number of rotatable bonds is 2. The SMILES string of the molecule is Oc1ccc(/C=N/n2cncn2)c(O)c1. The number of hydrogen-bond donors (Lipinski definition) is 2. The summed E-state index contributed by atoms with van der Waals surface area (Å²) in [5, 5.41) is 26.1. The highest BCUT2D eigenvalue weighted by Crippen LogP contribution is 2.20. The Hall–Kier alpha value is -2.37. The summed E-state index contributed by atoms with van der Waals surface area (Å²) in [7, 11) is 0. The second-order valence-electron chi connectivity index (χ2n) is 2.80. The lowest BCUT2D eigenvalue weighted by atomic mass is 10.2. The molecule has 2 N–H and O–H groups in total. The van der Waals surface area contributed by atoms with Crippen LogP contribution in [0.2, 0.25) is 0 Å². The Bertz CT molecular complexity index is 479. The van der Waals surface area contributed by atoms with Gasteiger partial charge in [0.1, 0.15) is 24.2 Å². The molecule has 2 aromatic rings. The minimum absolute atomic E-state index is 0.00501. The van der Waals surface area contributed by atoms with Gasteiger partial charge in [0.25, 0.3) is 0 Å². The first-order valence-corrected chi connectivity index (χ1v) is 4.16. The van der Waals surface area contributed by atoms with Crippen molar-refractivity contribution in [2.75, 3.05) is 0 Å². The molecule has 0 spiro atoms. The fourth-order valence-electron chi connectivity index (χ4n) is 1.02. The number of benzene rings is 1. The van der Waals surface area contributed by atoms with E-state index in [0.29, 0.717) is 5.56 Å². The number of phenolic OH excluding ortho intramolecular Hbond substituents is 2. The molecule has 0 fully saturated rings. The number of phenols is 2. The van der Waals surface area contributed by atoms with Crippen LogP contribution in [0.3, 0.4) is 0 Å². The first-order valence-electron chi connectivity index (χ1n) is 4.16. The van der Waals surface area contributed by atoms with Crippen LogP contribution in [-0.2, 0) is 0 Å². The highest BCUT2D eigenvalue weighted by Gasteiger charge is 1.98. The second-order valence-corrected chi connectivity index (χ2v) is 2.80. The summed E-state index contributed by atoms with van der Waals surface area (Å²) < 4.78 is 0. The molecule has 0 atom stereocenters. The fourth-order valence-corrected chi connectivity index (χ4v) is 1.02. The van der Waals surface area contributed by atoms with Gasteiger partial charge in [0.05, 0.1) is 6.21 Å². The molecule has 0 aliphatic carbocycles. The Morgan fingerprint density at radius 1 is 1.33 bits per heavy atom. The summed E-state index contributed by atoms with van der Waals surface area (Å²) in [6, 6.07) is 4.25. The summed E-state index contributed by atoms with van der Waals surface area (Å²) >= 11 is 0. The Balaban J connectivity index is 2.24. The van der Waals surface area contributed by atoms with Gasteiger partial charge in [-0.05, 0) is 12.1 Å². The van der Waals surface area contributed by atoms with Crippen molar-refractivity contribution in [3.05, 3.63) is 36.4 Å². The topological polar surface area (TPSA) is 83.5 Å². The van der Waals surface area contributed by atoms with Crippen molar-refractivity contribution < 1.29 is 10.2 Å². The zero-order valence-electron chi connectivity index (χ0n) is 7.65. The van der Waals surface area contributed by atoms with Crippen molar-refractivity contribution in [2.45, 2.75) is 0 Å². The van der Waals surface area contributed by atoms with Gasteiger partial charge in [-0.1, -0.05) is 0 Å². The van der Waals surface area contributed by atoms with E-state index in [1.807, 2.05) is 0 Å². The molecule has 0 radical (unpaired) electrons. The molecule has 2 rings (SSSR count). The Morgan fingerprint density at radius 2 is 2.20 bits per heavy atom. The normalized spacial score (nSPS) is 10.9. The monoisotopic (exact) mass is 204 g/mol. The molecule has 6 nitrogen and oxygen atoms in total. The maximum atomic E-state index is 9.42. The molecular formula is C9H8N4O2. The van der Waals surface area contributed by atoms with Crippen LogP contribution in [0.5, 0.6) is 11.5 Å². The third-order valence-electron chi connectivity index (χ3n) is 1.74. The van der Waals surface area contributed by atoms with Crippen molar-refractivity contribution in [3.8, 4) is 11.5 Å². The summed E-state index contributed by atoms with van der Waals surface area (Å²) in [5.74, 6) is -0.0377. The van der Waals surface area contributed by atoms with E-state index < -0.39 is 0 Å². The molecule has 15 heavy (non-hydrogen) atoms. The van der Waals surface area contributed by atoms with Gasteiger partial charge in [0, 0.05) is 11.6 Å². The first-order chi connectivity index (χ1) is 7.25. The number of hydrogen-bond acceptors (Lipinski definition) is 5. The molecule has 0 unspecified atom stereocenters. The van der Waals surface area contributed by atoms with Gasteiger partial charge in [-0.3, -0.25) is 0 Å². The highest BCUT2D eigenvalue weighted by atomic mass is 16.3. The molecule has 0 saturated carbocycles. The molecule has 0 bridgehead atoms. The first kappa shape index (κ1) is 9.20. The van der Waals surface area contributed by atoms with Crippen molar-refractivity contribution in [2.24, 2.45) is 5.10 Å². The molecular weight excluding hydrogens is 196 g/mol. The third-order valence-corrected chi connectivity index (χ3v) is 1.74. The van der Waals surface area contributed by atoms with Crippen molar-refractivity contribution in [3.63, 3.8) is 0 Å². The molecule has 76 valence electrons. The summed E-state index contributed by atoms with van der Waals surface area (Å²) in [4.78, 5) is 4.96. The molecule has 0 saturated heterocycles. The van der Waals surface area contributed by atoms with Crippen molar-refractivity contribution in [1.29, 1.82) is 0 Å². The standard InChI is InChI=1S/C9H8N4O2/c14-8-2-1-7(9(15)3-8)4-11-13-6-10-5-12-13/h1-6,14-15H/b11-4+. The molecule has 0 aliphatic rings. The van der Waals surface area contributed by atoms with Crippen LogP contribution >= 0.6 is 0 Å². The largest absolute Gasteiger partial charge is 0.508 e. The number of aromatic nitrogens is 3. The van der Waals surface area contributed by atoms with Crippen LogP contribution in [0.15, 0.2) is 36.0 Å². The second kappa shape index (κ2) is 3.79. The van der Waals surface area contributed by atoms with Crippen LogP contribution in [0.4, 0.5) is 0 Å². The van der Waals surface area contributed by atoms with Crippen molar-refractivity contribution in [1.82, 2.24) is 14.9 Å². The maximum Gasteiger partial charge on any atom is 0.139 e. The van der Waals surface area contributed by atoms with E-state index in [2.05, 4.69) is 15.2 Å². The molecule has 0 aliphatic heterocycles. The lowest BCUT2D eigenvalue weighted by molar-refractivity contribution is 0.450. The lowest BCUT2D eigenvalue weighted by Gasteiger charge is -1.98. The van der Waals surface area contributed by atoms with Crippen LogP contribution < -0.4 is 0 Å². The molecule has 1 aromatic heterocycles. The molecule has 6 heteroatoms. The average molecular weight is 204 g/mol. The minimum Gasteiger partial charge on any atom is -0.508 e. The van der Waals surface area contributed by atoms with E-state index in [4.69, 9.17) is 5.11 Å². The van der Waals surface area contributed by atoms with Crippen molar-refractivity contribution >= 4 is 6.21 Å². The zero-order valence-corrected chi connectivity index (χ0v) is 7.65. The molecule has 1 heterocycles. The van der Waals surface area contributed by atoms with E-state index in [9.17, 15) is 5.11 Å². The van der Waals surface area contributed by atoms with E-state index in [1.54, 1.807) is 6.07 Å². The van der Waals surface area contributed by atoms with E-state index in [0.717, 1.165) is 0 Å². The molecule has 1 aromatic carbocycles. The summed E-state index contributed by atoms with van der Waals surface area (Å²) in [5.41, 5.74) is 0.489.